The summed E-state index contributed by atoms with van der Waals surface area (Å²) in [5.41, 5.74) is 0.856. The van der Waals surface area contributed by atoms with Crippen LogP contribution < -0.4 is 10.9 Å². The number of fused-ring (bicyclic) bond motifs is 3. The highest BCUT2D eigenvalue weighted by atomic mass is 79.9. The molecule has 3 heterocycles. The zero-order valence-electron chi connectivity index (χ0n) is 21.2. The van der Waals surface area contributed by atoms with Crippen LogP contribution in [0, 0.1) is 12.3 Å². The van der Waals surface area contributed by atoms with E-state index in [4.69, 9.17) is 6.42 Å². The van der Waals surface area contributed by atoms with Gasteiger partial charge < -0.3 is 10.2 Å². The molecule has 2 amide bonds. The molecule has 4 aromatic rings. The van der Waals surface area contributed by atoms with Crippen LogP contribution in [0.3, 0.4) is 0 Å². The smallest absolute Gasteiger partial charge is 0.355 e. The van der Waals surface area contributed by atoms with Crippen LogP contribution in [0.2, 0.25) is 0 Å². The second-order valence-electron chi connectivity index (χ2n) is 9.31. The lowest BCUT2D eigenvalue weighted by Gasteiger charge is -2.35. The van der Waals surface area contributed by atoms with Gasteiger partial charge >= 0.3 is 6.18 Å². The van der Waals surface area contributed by atoms with Crippen LogP contribution >= 0.6 is 15.9 Å². The van der Waals surface area contributed by atoms with Gasteiger partial charge in [-0.25, -0.2) is 4.52 Å². The van der Waals surface area contributed by atoms with Crippen LogP contribution in [-0.2, 0) is 19.1 Å². The molecule has 0 aliphatic carbocycles. The van der Waals surface area contributed by atoms with Crippen LogP contribution in [0.5, 0.6) is 0 Å². The lowest BCUT2D eigenvalue weighted by atomic mass is 9.98. The summed E-state index contributed by atoms with van der Waals surface area (Å²) >= 11 is 2.90. The highest BCUT2D eigenvalue weighted by Crippen LogP contribution is 2.36. The summed E-state index contributed by atoms with van der Waals surface area (Å²) in [6.07, 6.45) is 2.64. The average Bonchev–Trinajstić information content (AvgIpc) is 3.36. The van der Waals surface area contributed by atoms with Crippen LogP contribution in [0.1, 0.15) is 50.0 Å². The summed E-state index contributed by atoms with van der Waals surface area (Å²) in [6.45, 7) is 1.66. The van der Waals surface area contributed by atoms with Crippen molar-refractivity contribution in [2.75, 3.05) is 7.05 Å². The maximum absolute atomic E-state index is 13.9. The molecule has 12 heteroatoms. The molecular formula is C28H21BrF3N5O3. The van der Waals surface area contributed by atoms with Gasteiger partial charge in [-0.1, -0.05) is 21.9 Å². The van der Waals surface area contributed by atoms with E-state index in [1.54, 1.807) is 31.2 Å². The Morgan fingerprint density at radius 1 is 1.15 bits per heavy atom. The van der Waals surface area contributed by atoms with Crippen molar-refractivity contribution in [3.8, 4) is 18.0 Å². The Hall–Kier alpha value is -4.37. The first kappa shape index (κ1) is 27.2. The van der Waals surface area contributed by atoms with Crippen LogP contribution in [0.4, 0.5) is 13.2 Å². The van der Waals surface area contributed by atoms with Crippen LogP contribution in [0.15, 0.2) is 57.9 Å². The summed E-state index contributed by atoms with van der Waals surface area (Å²) in [7, 11) is 1.51. The third-order valence-electron chi connectivity index (χ3n) is 6.92. The van der Waals surface area contributed by atoms with E-state index in [0.29, 0.717) is 33.7 Å². The number of aromatic nitrogens is 3. The van der Waals surface area contributed by atoms with Crippen molar-refractivity contribution in [2.24, 2.45) is 0 Å². The zero-order chi connectivity index (χ0) is 28.9. The van der Waals surface area contributed by atoms with E-state index < -0.39 is 23.7 Å². The zero-order valence-corrected chi connectivity index (χ0v) is 22.8. The van der Waals surface area contributed by atoms with E-state index in [1.165, 1.54) is 39.4 Å². The van der Waals surface area contributed by atoms with Gasteiger partial charge in [0.25, 0.3) is 17.4 Å². The summed E-state index contributed by atoms with van der Waals surface area (Å²) < 4.78 is 43.2. The third kappa shape index (κ3) is 4.46. The summed E-state index contributed by atoms with van der Waals surface area (Å²) in [4.78, 5) is 40.8. The third-order valence-corrected chi connectivity index (χ3v) is 7.61. The Balaban J connectivity index is 1.62. The van der Waals surface area contributed by atoms with Gasteiger partial charge in [-0.15, -0.1) is 6.42 Å². The molecule has 0 spiro atoms. The molecular weight excluding hydrogens is 591 g/mol. The Bertz CT molecular complexity index is 1780. The van der Waals surface area contributed by atoms with Crippen molar-refractivity contribution in [2.45, 2.75) is 32.1 Å². The number of carbonyl (C=O) groups is 2. The van der Waals surface area contributed by atoms with Crippen LogP contribution in [-0.4, -0.2) is 44.0 Å². The van der Waals surface area contributed by atoms with E-state index in [1.807, 2.05) is 0 Å². The van der Waals surface area contributed by atoms with Crippen LogP contribution in [0.25, 0.3) is 11.3 Å². The van der Waals surface area contributed by atoms with E-state index in [9.17, 15) is 27.6 Å². The SMILES string of the molecule is C#Cc1cnn2c3c(c(=O)n(-c4ccc(C(=O)NC)cc4)c12)CC(C)N(C(=O)c1ccc(Br)c(C(F)(F)F)c1)C3. The Morgan fingerprint density at radius 3 is 2.45 bits per heavy atom. The summed E-state index contributed by atoms with van der Waals surface area (Å²) in [5.74, 6) is 1.64. The maximum Gasteiger partial charge on any atom is 0.417 e. The van der Waals surface area contributed by atoms with E-state index in [2.05, 4.69) is 32.3 Å². The molecule has 204 valence electrons. The molecule has 0 fully saturated rings. The standard InChI is InChI=1S/C28H21BrF3N5O3/c1-4-16-13-34-37-23-14-35(26(39)18-7-10-22(29)21(12-18)28(30,31)32)15(2)11-20(23)27(40)36(25(16)37)19-8-5-17(6-9-19)24(38)33-3/h1,5-10,12-13,15H,11,14H2,2-3H3,(H,33,38). The van der Waals surface area contributed by atoms with Crippen molar-refractivity contribution in [1.82, 2.24) is 24.4 Å². The second-order valence-corrected chi connectivity index (χ2v) is 10.2. The molecule has 0 saturated heterocycles. The van der Waals surface area contributed by atoms with E-state index >= 15 is 0 Å². The van der Waals surface area contributed by atoms with Gasteiger partial charge in [0.15, 0.2) is 5.65 Å². The largest absolute Gasteiger partial charge is 0.417 e. The number of halogens is 4. The fourth-order valence-electron chi connectivity index (χ4n) is 4.89. The minimum atomic E-state index is -4.65. The first-order chi connectivity index (χ1) is 19.0. The minimum Gasteiger partial charge on any atom is -0.355 e. The number of terminal acetylenes is 1. The Morgan fingerprint density at radius 2 is 1.82 bits per heavy atom. The lowest BCUT2D eigenvalue weighted by Crippen LogP contribution is -2.46. The van der Waals surface area contributed by atoms with Crippen molar-refractivity contribution in [3.63, 3.8) is 0 Å². The fourth-order valence-corrected chi connectivity index (χ4v) is 5.36. The van der Waals surface area contributed by atoms with Gasteiger partial charge in [-0.2, -0.15) is 18.3 Å². The molecule has 40 heavy (non-hydrogen) atoms. The van der Waals surface area contributed by atoms with Crippen molar-refractivity contribution in [1.29, 1.82) is 0 Å². The predicted octanol–water partition coefficient (Wildman–Crippen LogP) is 4.19. The molecule has 5 rings (SSSR count). The number of hydrogen-bond acceptors (Lipinski definition) is 4. The highest BCUT2D eigenvalue weighted by molar-refractivity contribution is 9.10. The molecule has 2 aromatic carbocycles. The molecule has 8 nitrogen and oxygen atoms in total. The summed E-state index contributed by atoms with van der Waals surface area (Å²) in [6, 6.07) is 9.24. The number of hydrogen-bond donors (Lipinski definition) is 1. The monoisotopic (exact) mass is 611 g/mol. The molecule has 1 aliphatic heterocycles. The highest BCUT2D eigenvalue weighted by Gasteiger charge is 2.36. The van der Waals surface area contributed by atoms with Gasteiger partial charge in [0.05, 0.1) is 35.2 Å². The normalized spacial score (nSPS) is 15.0. The quantitative estimate of drug-likeness (QED) is 0.352. The van der Waals surface area contributed by atoms with Crippen molar-refractivity contribution >= 4 is 33.4 Å². The molecule has 1 N–H and O–H groups in total. The first-order valence-electron chi connectivity index (χ1n) is 12.1. The first-order valence-corrected chi connectivity index (χ1v) is 12.9. The number of nitrogens with zero attached hydrogens (tertiary/aromatic N) is 4. The Kier molecular flexibility index (Phi) is 6.79. The van der Waals surface area contributed by atoms with Gasteiger partial charge in [-0.3, -0.25) is 19.0 Å². The van der Waals surface area contributed by atoms with E-state index in [-0.39, 0.29) is 34.5 Å². The number of rotatable bonds is 3. The molecule has 1 aliphatic rings. The summed E-state index contributed by atoms with van der Waals surface area (Å²) in [5, 5.41) is 6.94. The van der Waals surface area contributed by atoms with Crippen molar-refractivity contribution < 1.29 is 22.8 Å². The van der Waals surface area contributed by atoms with E-state index in [0.717, 1.165) is 6.07 Å². The molecule has 1 unspecified atom stereocenters. The molecule has 0 saturated carbocycles. The lowest BCUT2D eigenvalue weighted by molar-refractivity contribution is -0.138. The van der Waals surface area contributed by atoms with Crippen molar-refractivity contribution in [3.05, 3.63) is 97.0 Å². The number of nitrogens with one attached hydrogen (secondary N) is 1. The molecule has 2 aromatic heterocycles. The number of carbonyl (C=O) groups excluding carboxylic acids is 2. The second kappa shape index (κ2) is 9.98. The minimum absolute atomic E-state index is 0.0688. The molecule has 0 bridgehead atoms. The maximum atomic E-state index is 13.9. The number of alkyl halides is 3. The topological polar surface area (TPSA) is 88.7 Å². The van der Waals surface area contributed by atoms with Gasteiger partial charge in [0.2, 0.25) is 0 Å². The fraction of sp³-hybridized carbons (Fsp3) is 0.214. The predicted molar refractivity (Wildman–Crippen MR) is 144 cm³/mol. The van der Waals surface area contributed by atoms with Gasteiger partial charge in [0.1, 0.15) is 0 Å². The average molecular weight is 612 g/mol. The molecule has 0 radical (unpaired) electrons. The van der Waals surface area contributed by atoms with Gasteiger partial charge in [-0.05, 0) is 55.8 Å². The molecule has 1 atom stereocenters. The Labute approximate surface area is 234 Å². The number of benzene rings is 2. The van der Waals surface area contributed by atoms with Gasteiger partial charge in [0, 0.05) is 34.3 Å². The number of amides is 2.